The summed E-state index contributed by atoms with van der Waals surface area (Å²) in [5, 5.41) is 10.9. The minimum absolute atomic E-state index is 0.0375. The number of carbonyl (C=O) groups excluding carboxylic acids is 1. The van der Waals surface area contributed by atoms with Gasteiger partial charge >= 0.3 is 6.03 Å². The van der Waals surface area contributed by atoms with E-state index in [1.54, 1.807) is 10.7 Å². The van der Waals surface area contributed by atoms with Crippen molar-refractivity contribution in [1.29, 1.82) is 0 Å². The molecule has 0 spiro atoms. The number of ether oxygens (including phenoxy) is 1. The average Bonchev–Trinajstić information content (AvgIpc) is 3.55. The summed E-state index contributed by atoms with van der Waals surface area (Å²) < 4.78 is 36.5. The lowest BCUT2D eigenvalue weighted by molar-refractivity contribution is -0.0610. The highest BCUT2D eigenvalue weighted by Crippen LogP contribution is 2.40. The molecule has 2 aliphatic rings. The molecule has 6 rings (SSSR count). The number of aromatic nitrogens is 5. The van der Waals surface area contributed by atoms with Crippen molar-refractivity contribution in [2.75, 3.05) is 11.9 Å². The van der Waals surface area contributed by atoms with Crippen molar-refractivity contribution >= 4 is 27.4 Å². The van der Waals surface area contributed by atoms with Gasteiger partial charge in [0.2, 0.25) is 0 Å². The number of aryl methyl sites for hydroxylation is 2. The summed E-state index contributed by atoms with van der Waals surface area (Å²) in [7, 11) is -4.16. The van der Waals surface area contributed by atoms with Gasteiger partial charge in [-0.1, -0.05) is 6.07 Å². The van der Waals surface area contributed by atoms with Crippen LogP contribution in [0.4, 0.5) is 10.5 Å². The zero-order valence-corrected chi connectivity index (χ0v) is 20.5. The van der Waals surface area contributed by atoms with Crippen LogP contribution in [-0.2, 0) is 34.1 Å². The first kappa shape index (κ1) is 22.7. The summed E-state index contributed by atoms with van der Waals surface area (Å²) >= 11 is 0. The van der Waals surface area contributed by atoms with Crippen LogP contribution in [0.1, 0.15) is 29.5 Å². The zero-order valence-electron chi connectivity index (χ0n) is 19.6. The monoisotopic (exact) mass is 507 g/mol. The van der Waals surface area contributed by atoms with E-state index in [0.717, 1.165) is 53.5 Å². The van der Waals surface area contributed by atoms with Crippen LogP contribution in [0.15, 0.2) is 48.0 Å². The van der Waals surface area contributed by atoms with E-state index in [1.165, 1.54) is 17.1 Å². The fourth-order valence-corrected chi connectivity index (χ4v) is 5.76. The van der Waals surface area contributed by atoms with Gasteiger partial charge in [0, 0.05) is 24.6 Å². The Morgan fingerprint density at radius 1 is 1.22 bits per heavy atom. The van der Waals surface area contributed by atoms with Gasteiger partial charge in [-0.05, 0) is 73.1 Å². The first-order valence-electron chi connectivity index (χ1n) is 11.8. The number of nitrogens with one attached hydrogen (secondary N) is 2. The molecule has 1 saturated heterocycles. The average molecular weight is 508 g/mol. The highest BCUT2D eigenvalue weighted by Gasteiger charge is 2.26. The Labute approximate surface area is 207 Å². The van der Waals surface area contributed by atoms with E-state index in [1.807, 2.05) is 25.3 Å². The first-order chi connectivity index (χ1) is 17.4. The Bertz CT molecular complexity index is 1590. The Morgan fingerprint density at radius 2 is 2.08 bits per heavy atom. The molecule has 0 bridgehead atoms. The lowest BCUT2D eigenvalue weighted by atomic mass is 9.93. The van der Waals surface area contributed by atoms with Gasteiger partial charge in [-0.2, -0.15) is 18.6 Å². The molecule has 0 saturated carbocycles. The van der Waals surface area contributed by atoms with E-state index in [0.29, 0.717) is 24.5 Å². The predicted molar refractivity (Wildman–Crippen MR) is 131 cm³/mol. The number of benzene rings is 1. The predicted octanol–water partition coefficient (Wildman–Crippen LogP) is 2.69. The fourth-order valence-electron chi connectivity index (χ4n) is 4.91. The summed E-state index contributed by atoms with van der Waals surface area (Å²) in [5.41, 5.74) is 6.15. The van der Waals surface area contributed by atoms with Gasteiger partial charge in [0.25, 0.3) is 10.0 Å². The highest BCUT2D eigenvalue weighted by atomic mass is 32.2. The second-order valence-corrected chi connectivity index (χ2v) is 10.8. The SMILES string of the molecule is Cc1cc2c(c(NC(=O)NS(=O)(=O)c3ccn(C[C@@H]4CCO4)n3)c1-c1ccn3ncnc3c1)CCC2. The molecule has 1 aliphatic heterocycles. The normalized spacial score (nSPS) is 17.1. The zero-order chi connectivity index (χ0) is 24.9. The van der Waals surface area contributed by atoms with Crippen molar-refractivity contribution in [3.05, 3.63) is 59.7 Å². The third kappa shape index (κ3) is 4.11. The molecule has 0 radical (unpaired) electrons. The van der Waals surface area contributed by atoms with Crippen LogP contribution in [0.25, 0.3) is 16.8 Å². The molecule has 4 aromatic rings. The van der Waals surface area contributed by atoms with Crippen LogP contribution in [0.5, 0.6) is 0 Å². The number of fused-ring (bicyclic) bond motifs is 2. The summed E-state index contributed by atoms with van der Waals surface area (Å²) in [6, 6.07) is 6.48. The molecule has 12 heteroatoms. The molecule has 36 heavy (non-hydrogen) atoms. The van der Waals surface area contributed by atoms with Crippen LogP contribution in [0, 0.1) is 6.92 Å². The van der Waals surface area contributed by atoms with Crippen molar-refractivity contribution in [3.8, 4) is 11.1 Å². The quantitative estimate of drug-likeness (QED) is 0.410. The molecule has 1 aromatic carbocycles. The number of amides is 2. The number of sulfonamides is 1. The Kier molecular flexibility index (Phi) is 5.49. The molecular weight excluding hydrogens is 482 g/mol. The number of hydrogen-bond donors (Lipinski definition) is 2. The topological polar surface area (TPSA) is 133 Å². The molecule has 2 N–H and O–H groups in total. The van der Waals surface area contributed by atoms with E-state index in [4.69, 9.17) is 4.74 Å². The summed E-state index contributed by atoms with van der Waals surface area (Å²) in [6.45, 7) is 3.16. The number of carbonyl (C=O) groups is 1. The van der Waals surface area contributed by atoms with E-state index in [-0.39, 0.29) is 11.1 Å². The molecule has 186 valence electrons. The third-order valence-electron chi connectivity index (χ3n) is 6.71. The second kappa shape index (κ2) is 8.71. The van der Waals surface area contributed by atoms with Gasteiger partial charge in [-0.3, -0.25) is 4.68 Å². The van der Waals surface area contributed by atoms with Crippen molar-refractivity contribution in [2.24, 2.45) is 0 Å². The molecule has 1 fully saturated rings. The van der Waals surface area contributed by atoms with Crippen LogP contribution in [0.3, 0.4) is 0 Å². The Morgan fingerprint density at radius 3 is 2.89 bits per heavy atom. The van der Waals surface area contributed by atoms with Crippen molar-refractivity contribution < 1.29 is 17.9 Å². The Balaban J connectivity index is 1.29. The van der Waals surface area contributed by atoms with Crippen molar-refractivity contribution in [2.45, 2.75) is 50.3 Å². The van der Waals surface area contributed by atoms with Gasteiger partial charge in [-0.25, -0.2) is 19.0 Å². The number of hydrogen-bond acceptors (Lipinski definition) is 7. The molecule has 3 aromatic heterocycles. The summed E-state index contributed by atoms with van der Waals surface area (Å²) in [4.78, 5) is 17.3. The third-order valence-corrected chi connectivity index (χ3v) is 7.93. The molecular formula is C24H25N7O4S. The Hall–Kier alpha value is -3.77. The van der Waals surface area contributed by atoms with Gasteiger partial charge in [0.05, 0.1) is 18.3 Å². The number of rotatable bonds is 6. The molecule has 1 aliphatic carbocycles. The maximum Gasteiger partial charge on any atom is 0.333 e. The molecule has 2 amide bonds. The van der Waals surface area contributed by atoms with E-state index >= 15 is 0 Å². The number of nitrogens with zero attached hydrogens (tertiary/aromatic N) is 5. The highest BCUT2D eigenvalue weighted by molar-refractivity contribution is 7.90. The van der Waals surface area contributed by atoms with E-state index in [9.17, 15) is 13.2 Å². The van der Waals surface area contributed by atoms with E-state index < -0.39 is 16.1 Å². The van der Waals surface area contributed by atoms with Gasteiger partial charge < -0.3 is 10.1 Å². The van der Waals surface area contributed by atoms with Gasteiger partial charge in [-0.15, -0.1) is 0 Å². The standard InChI is InChI=1S/C24H25N7O4S/c1-15-11-16-3-2-4-19(16)23(22(15)17-5-9-31-20(12-17)25-14-26-31)27-24(32)29-36(33,34)21-6-8-30(28-21)13-18-7-10-35-18/h5-6,8-9,11-12,14,18H,2-4,7,10,13H2,1H3,(H2,27,29,32)/t18-/m0/s1. The first-order valence-corrected chi connectivity index (χ1v) is 13.3. The number of urea groups is 1. The van der Waals surface area contributed by atoms with Crippen LogP contribution >= 0.6 is 0 Å². The summed E-state index contributed by atoms with van der Waals surface area (Å²) in [5.74, 6) is 0. The summed E-state index contributed by atoms with van der Waals surface area (Å²) in [6.07, 6.45) is 8.49. The van der Waals surface area contributed by atoms with Crippen molar-refractivity contribution in [3.63, 3.8) is 0 Å². The minimum Gasteiger partial charge on any atom is -0.376 e. The minimum atomic E-state index is -4.16. The maximum atomic E-state index is 13.0. The second-order valence-electron chi connectivity index (χ2n) is 9.13. The molecule has 4 heterocycles. The lowest BCUT2D eigenvalue weighted by Gasteiger charge is -2.25. The van der Waals surface area contributed by atoms with Crippen molar-refractivity contribution in [1.82, 2.24) is 29.1 Å². The number of pyridine rings is 1. The number of anilines is 1. The van der Waals surface area contributed by atoms with Crippen LogP contribution < -0.4 is 10.0 Å². The van der Waals surface area contributed by atoms with Gasteiger partial charge in [0.1, 0.15) is 6.33 Å². The van der Waals surface area contributed by atoms with Gasteiger partial charge in [0.15, 0.2) is 10.7 Å². The smallest absolute Gasteiger partial charge is 0.333 e. The van der Waals surface area contributed by atoms with Crippen LogP contribution in [-0.4, -0.2) is 51.5 Å². The molecule has 11 nitrogen and oxygen atoms in total. The lowest BCUT2D eigenvalue weighted by Crippen LogP contribution is -2.35. The molecule has 0 unspecified atom stereocenters. The largest absolute Gasteiger partial charge is 0.376 e. The van der Waals surface area contributed by atoms with Crippen LogP contribution in [0.2, 0.25) is 0 Å². The maximum absolute atomic E-state index is 13.0. The fraction of sp³-hybridized carbons (Fsp3) is 0.333. The molecule has 1 atom stereocenters. The van der Waals surface area contributed by atoms with E-state index in [2.05, 4.69) is 31.3 Å².